The molecule has 0 bridgehead atoms. The van der Waals surface area contributed by atoms with Gasteiger partial charge in [0.2, 0.25) is 11.8 Å². The second-order valence-corrected chi connectivity index (χ2v) is 13.2. The third kappa shape index (κ3) is 8.85. The van der Waals surface area contributed by atoms with E-state index in [0.29, 0.717) is 6.54 Å². The van der Waals surface area contributed by atoms with Gasteiger partial charge in [0.25, 0.3) is 0 Å². The van der Waals surface area contributed by atoms with Crippen LogP contribution in [0.15, 0.2) is 83.3 Å². The molecule has 41 heavy (non-hydrogen) atoms. The van der Waals surface area contributed by atoms with Crippen molar-refractivity contribution in [3.05, 3.63) is 100 Å². The highest BCUT2D eigenvalue weighted by Gasteiger charge is 2.35. The van der Waals surface area contributed by atoms with Gasteiger partial charge in [-0.2, -0.15) is 12.7 Å². The number of nitrogens with one attached hydrogen (secondary N) is 1. The van der Waals surface area contributed by atoms with Gasteiger partial charge in [-0.25, -0.2) is 8.70 Å². The quantitative estimate of drug-likeness (QED) is 0.294. The molecule has 3 rings (SSSR count). The first-order valence-electron chi connectivity index (χ1n) is 13.2. The van der Waals surface area contributed by atoms with Gasteiger partial charge in [-0.3, -0.25) is 9.59 Å². The summed E-state index contributed by atoms with van der Waals surface area (Å²) in [5, 5.41) is 2.94. The Morgan fingerprint density at radius 2 is 1.56 bits per heavy atom. The largest absolute Gasteiger partial charge is 0.354 e. The van der Waals surface area contributed by atoms with E-state index in [1.807, 2.05) is 68.4 Å². The van der Waals surface area contributed by atoms with Crippen LogP contribution in [0.5, 0.6) is 0 Å². The Balaban J connectivity index is 2.10. The van der Waals surface area contributed by atoms with Crippen molar-refractivity contribution in [3.8, 4) is 0 Å². The molecular weight excluding hydrogens is 611 g/mol. The number of para-hydroxylation sites is 1. The highest BCUT2D eigenvalue weighted by Crippen LogP contribution is 2.25. The highest BCUT2D eigenvalue weighted by atomic mass is 79.9. The average molecular weight is 648 g/mol. The summed E-state index contributed by atoms with van der Waals surface area (Å²) < 4.78 is 44.0. The molecule has 3 aromatic carbocycles. The van der Waals surface area contributed by atoms with Gasteiger partial charge in [0.15, 0.2) is 0 Å². The summed E-state index contributed by atoms with van der Waals surface area (Å²) in [5.41, 5.74) is 1.30. The van der Waals surface area contributed by atoms with Gasteiger partial charge < -0.3 is 10.2 Å². The fourth-order valence-corrected chi connectivity index (χ4v) is 5.68. The van der Waals surface area contributed by atoms with E-state index in [2.05, 4.69) is 21.2 Å². The van der Waals surface area contributed by atoms with Crippen molar-refractivity contribution in [2.24, 2.45) is 5.92 Å². The predicted molar refractivity (Wildman–Crippen MR) is 163 cm³/mol. The molecule has 0 aromatic heterocycles. The zero-order chi connectivity index (χ0) is 30.2. The van der Waals surface area contributed by atoms with Crippen molar-refractivity contribution in [2.75, 3.05) is 31.5 Å². The lowest BCUT2D eigenvalue weighted by Crippen LogP contribution is -2.54. The van der Waals surface area contributed by atoms with E-state index in [1.54, 1.807) is 0 Å². The summed E-state index contributed by atoms with van der Waals surface area (Å²) in [7, 11) is -1.66. The van der Waals surface area contributed by atoms with Crippen LogP contribution in [-0.2, 0) is 32.8 Å². The van der Waals surface area contributed by atoms with E-state index in [1.165, 1.54) is 37.2 Å². The molecule has 8 nitrogen and oxygen atoms in total. The van der Waals surface area contributed by atoms with E-state index in [9.17, 15) is 22.4 Å². The molecule has 1 atom stereocenters. The summed E-state index contributed by atoms with van der Waals surface area (Å²) >= 11 is 3.45. The lowest BCUT2D eigenvalue weighted by atomic mass is 10.0. The first-order valence-corrected chi connectivity index (χ1v) is 15.4. The normalized spacial score (nSPS) is 12.3. The van der Waals surface area contributed by atoms with Crippen LogP contribution in [-0.4, -0.2) is 62.7 Å². The van der Waals surface area contributed by atoms with Crippen LogP contribution < -0.4 is 9.62 Å². The zero-order valence-electron chi connectivity index (χ0n) is 23.6. The van der Waals surface area contributed by atoms with Crippen molar-refractivity contribution >= 4 is 43.6 Å². The van der Waals surface area contributed by atoms with Crippen molar-refractivity contribution in [1.29, 1.82) is 0 Å². The number of hydrogen-bond donors (Lipinski definition) is 1. The lowest BCUT2D eigenvalue weighted by Gasteiger charge is -2.34. The molecule has 0 heterocycles. The predicted octanol–water partition coefficient (Wildman–Crippen LogP) is 4.61. The van der Waals surface area contributed by atoms with Crippen LogP contribution >= 0.6 is 15.9 Å². The molecule has 2 amide bonds. The van der Waals surface area contributed by atoms with Crippen molar-refractivity contribution in [3.63, 3.8) is 0 Å². The number of amides is 2. The fraction of sp³-hybridized carbons (Fsp3) is 0.333. The molecule has 0 aliphatic rings. The molecule has 0 unspecified atom stereocenters. The highest BCUT2D eigenvalue weighted by molar-refractivity contribution is 9.10. The van der Waals surface area contributed by atoms with Crippen molar-refractivity contribution in [1.82, 2.24) is 14.5 Å². The van der Waals surface area contributed by atoms with Gasteiger partial charge in [0.1, 0.15) is 18.4 Å². The maximum absolute atomic E-state index is 14.9. The van der Waals surface area contributed by atoms with Crippen LogP contribution in [0.2, 0.25) is 0 Å². The number of halogens is 2. The van der Waals surface area contributed by atoms with Crippen LogP contribution in [0.4, 0.5) is 10.1 Å². The van der Waals surface area contributed by atoms with E-state index in [4.69, 9.17) is 0 Å². The van der Waals surface area contributed by atoms with E-state index >= 15 is 0 Å². The maximum atomic E-state index is 14.9. The van der Waals surface area contributed by atoms with E-state index < -0.39 is 34.5 Å². The summed E-state index contributed by atoms with van der Waals surface area (Å²) in [6.07, 6.45) is 0.199. The number of nitrogens with zero attached hydrogens (tertiary/aromatic N) is 3. The number of benzene rings is 3. The molecule has 1 N–H and O–H groups in total. The Hall–Kier alpha value is -3.28. The third-order valence-electron chi connectivity index (χ3n) is 6.34. The van der Waals surface area contributed by atoms with Crippen LogP contribution in [0.1, 0.15) is 25.0 Å². The van der Waals surface area contributed by atoms with E-state index in [0.717, 1.165) is 30.3 Å². The van der Waals surface area contributed by atoms with Gasteiger partial charge in [0, 0.05) is 38.1 Å². The molecular formula is C30H36BrFN4O4S. The minimum Gasteiger partial charge on any atom is -0.354 e. The second-order valence-electron chi connectivity index (χ2n) is 10.2. The number of carbonyl (C=O) groups excluding carboxylic acids is 2. The van der Waals surface area contributed by atoms with Gasteiger partial charge in [-0.1, -0.05) is 84.4 Å². The first-order chi connectivity index (χ1) is 19.4. The monoisotopic (exact) mass is 646 g/mol. The molecule has 0 aliphatic carbocycles. The minimum absolute atomic E-state index is 0.0258. The molecule has 0 fully saturated rings. The van der Waals surface area contributed by atoms with Gasteiger partial charge in [-0.15, -0.1) is 0 Å². The summed E-state index contributed by atoms with van der Waals surface area (Å²) in [6, 6.07) is 21.0. The fourth-order valence-electron chi connectivity index (χ4n) is 4.16. The molecule has 11 heteroatoms. The smallest absolute Gasteiger partial charge is 0.304 e. The van der Waals surface area contributed by atoms with Crippen LogP contribution in [0.25, 0.3) is 0 Å². The Morgan fingerprint density at radius 3 is 2.17 bits per heavy atom. The van der Waals surface area contributed by atoms with Crippen molar-refractivity contribution in [2.45, 2.75) is 32.9 Å². The SMILES string of the molecule is CC(C)CNC(=O)[C@H](Cc1ccccc1)N(Cc1cccc(Br)c1)C(=O)CN(c1ccccc1F)S(=O)(=O)N(C)C. The van der Waals surface area contributed by atoms with Crippen LogP contribution in [0.3, 0.4) is 0 Å². The third-order valence-corrected chi connectivity index (χ3v) is 8.64. The summed E-state index contributed by atoms with van der Waals surface area (Å²) in [4.78, 5) is 29.2. The molecule has 0 saturated heterocycles. The summed E-state index contributed by atoms with van der Waals surface area (Å²) in [5.74, 6) is -1.63. The van der Waals surface area contributed by atoms with E-state index in [-0.39, 0.29) is 30.5 Å². The summed E-state index contributed by atoms with van der Waals surface area (Å²) in [6.45, 7) is 3.65. The van der Waals surface area contributed by atoms with Gasteiger partial charge >= 0.3 is 10.2 Å². The number of rotatable bonds is 13. The number of anilines is 1. The Labute approximate surface area is 250 Å². The first kappa shape index (κ1) is 32.2. The maximum Gasteiger partial charge on any atom is 0.304 e. The Morgan fingerprint density at radius 1 is 0.927 bits per heavy atom. The molecule has 3 aromatic rings. The second kappa shape index (κ2) is 14.6. The Bertz CT molecular complexity index is 1440. The number of hydrogen-bond acceptors (Lipinski definition) is 4. The lowest BCUT2D eigenvalue weighted by molar-refractivity contribution is -0.140. The average Bonchev–Trinajstić information content (AvgIpc) is 2.93. The standard InChI is InChI=1S/C30H36BrFN4O4S/c1-22(2)19-33-30(38)28(18-23-11-6-5-7-12-23)35(20-24-13-10-14-25(31)17-24)29(37)21-36(41(39,40)34(3)4)27-16-9-8-15-26(27)32/h5-17,22,28H,18-21H2,1-4H3,(H,33,38)/t28-/m0/s1. The van der Waals surface area contributed by atoms with Crippen LogP contribution in [0, 0.1) is 11.7 Å². The van der Waals surface area contributed by atoms with Gasteiger partial charge in [0.05, 0.1) is 5.69 Å². The molecule has 0 aliphatic heterocycles. The zero-order valence-corrected chi connectivity index (χ0v) is 26.0. The molecule has 220 valence electrons. The topological polar surface area (TPSA) is 90.0 Å². The Kier molecular flexibility index (Phi) is 11.5. The molecule has 0 saturated carbocycles. The molecule has 0 spiro atoms. The van der Waals surface area contributed by atoms with Gasteiger partial charge in [-0.05, 0) is 41.3 Å². The minimum atomic E-state index is -4.28. The number of carbonyl (C=O) groups is 2. The molecule has 0 radical (unpaired) electrons. The van der Waals surface area contributed by atoms with Crippen molar-refractivity contribution < 1.29 is 22.4 Å².